The Bertz CT molecular complexity index is 636. The average Bonchev–Trinajstić information content (AvgIpc) is 2.38. The molecule has 0 aliphatic heterocycles. The number of hydrogen-bond acceptors (Lipinski definition) is 2. The van der Waals surface area contributed by atoms with Crippen molar-refractivity contribution in [1.82, 2.24) is 0 Å². The summed E-state index contributed by atoms with van der Waals surface area (Å²) in [5.74, 6) is -0.805. The van der Waals surface area contributed by atoms with Crippen LogP contribution in [0, 0.1) is 0 Å². The van der Waals surface area contributed by atoms with E-state index in [0.717, 1.165) is 22.3 Å². The Morgan fingerprint density at radius 2 is 1.50 bits per heavy atom. The highest BCUT2D eigenvalue weighted by atomic mass is 16.1. The van der Waals surface area contributed by atoms with E-state index in [1.54, 1.807) is 0 Å². The lowest BCUT2D eigenvalue weighted by Crippen LogP contribution is -2.16. The number of rotatable bonds is 5. The molecule has 102 valence electrons. The number of carbonyl (C=O) groups is 2. The molecular weight excluding hydrogens is 252 g/mol. The van der Waals surface area contributed by atoms with E-state index in [9.17, 15) is 9.59 Å². The first-order valence-electron chi connectivity index (χ1n) is 6.30. The van der Waals surface area contributed by atoms with Crippen LogP contribution in [-0.4, -0.2) is 11.8 Å². The molecule has 0 fully saturated rings. The van der Waals surface area contributed by atoms with Gasteiger partial charge in [-0.2, -0.15) is 0 Å². The van der Waals surface area contributed by atoms with E-state index in [2.05, 4.69) is 0 Å². The molecule has 2 rings (SSSR count). The second-order valence-corrected chi connectivity index (χ2v) is 4.64. The van der Waals surface area contributed by atoms with Crippen molar-refractivity contribution in [2.45, 2.75) is 12.8 Å². The van der Waals surface area contributed by atoms with Crippen molar-refractivity contribution in [3.05, 3.63) is 59.7 Å². The minimum atomic E-state index is -0.404. The zero-order valence-electron chi connectivity index (χ0n) is 11.0. The van der Waals surface area contributed by atoms with Gasteiger partial charge in [0, 0.05) is 0 Å². The van der Waals surface area contributed by atoms with Crippen LogP contribution in [0.2, 0.25) is 0 Å². The standard InChI is InChI=1S/C16H16N2O2/c17-15(19)9-11-6-7-14(12-4-2-1-3-5-12)13(8-11)10-16(18)20/h1-8H,9-10H2,(H2,17,19)(H2,18,20). The van der Waals surface area contributed by atoms with Crippen molar-refractivity contribution in [1.29, 1.82) is 0 Å². The first kappa shape index (κ1) is 13.8. The Morgan fingerprint density at radius 1 is 0.850 bits per heavy atom. The molecule has 2 aromatic carbocycles. The third-order valence-electron chi connectivity index (χ3n) is 3.00. The van der Waals surface area contributed by atoms with Gasteiger partial charge in [-0.25, -0.2) is 0 Å². The van der Waals surface area contributed by atoms with Crippen molar-refractivity contribution in [3.8, 4) is 11.1 Å². The van der Waals surface area contributed by atoms with Crippen LogP contribution in [-0.2, 0) is 22.4 Å². The highest BCUT2D eigenvalue weighted by molar-refractivity contribution is 5.82. The Kier molecular flexibility index (Phi) is 4.15. The molecule has 0 bridgehead atoms. The van der Waals surface area contributed by atoms with E-state index in [-0.39, 0.29) is 12.8 Å². The monoisotopic (exact) mass is 268 g/mol. The summed E-state index contributed by atoms with van der Waals surface area (Å²) in [6.07, 6.45) is 0.289. The van der Waals surface area contributed by atoms with Crippen LogP contribution in [0.5, 0.6) is 0 Å². The third kappa shape index (κ3) is 3.45. The molecule has 4 nitrogen and oxygen atoms in total. The second-order valence-electron chi connectivity index (χ2n) is 4.64. The fraction of sp³-hybridized carbons (Fsp3) is 0.125. The van der Waals surface area contributed by atoms with Crippen LogP contribution in [0.3, 0.4) is 0 Å². The van der Waals surface area contributed by atoms with Crippen molar-refractivity contribution >= 4 is 11.8 Å². The van der Waals surface area contributed by atoms with Gasteiger partial charge in [0.1, 0.15) is 0 Å². The lowest BCUT2D eigenvalue weighted by molar-refractivity contribution is -0.118. The van der Waals surface area contributed by atoms with E-state index in [1.807, 2.05) is 48.5 Å². The molecule has 0 heterocycles. The zero-order chi connectivity index (χ0) is 14.5. The number of amides is 2. The van der Waals surface area contributed by atoms with Crippen LogP contribution < -0.4 is 11.5 Å². The summed E-state index contributed by atoms with van der Waals surface area (Å²) in [6, 6.07) is 15.3. The summed E-state index contributed by atoms with van der Waals surface area (Å²) in [5, 5.41) is 0. The molecule has 0 unspecified atom stereocenters. The summed E-state index contributed by atoms with van der Waals surface area (Å²) in [5.41, 5.74) is 14.0. The van der Waals surface area contributed by atoms with Gasteiger partial charge < -0.3 is 11.5 Å². The van der Waals surface area contributed by atoms with Gasteiger partial charge in [-0.1, -0.05) is 48.5 Å². The molecule has 4 heteroatoms. The van der Waals surface area contributed by atoms with Gasteiger partial charge in [0.15, 0.2) is 0 Å². The van der Waals surface area contributed by atoms with Crippen molar-refractivity contribution < 1.29 is 9.59 Å². The van der Waals surface area contributed by atoms with E-state index in [1.165, 1.54) is 0 Å². The molecule has 0 saturated carbocycles. The molecule has 0 radical (unpaired) electrons. The number of carbonyl (C=O) groups excluding carboxylic acids is 2. The summed E-state index contributed by atoms with van der Waals surface area (Å²) in [6.45, 7) is 0. The Balaban J connectivity index is 2.45. The lowest BCUT2D eigenvalue weighted by atomic mass is 9.94. The smallest absolute Gasteiger partial charge is 0.221 e. The fourth-order valence-electron chi connectivity index (χ4n) is 2.19. The van der Waals surface area contributed by atoms with Crippen LogP contribution >= 0.6 is 0 Å². The second kappa shape index (κ2) is 6.02. The Hall–Kier alpha value is -2.62. The van der Waals surface area contributed by atoms with Gasteiger partial charge in [0.2, 0.25) is 11.8 Å². The summed E-state index contributed by atoms with van der Waals surface area (Å²) in [4.78, 5) is 22.2. The predicted molar refractivity (Wildman–Crippen MR) is 77.7 cm³/mol. The number of hydrogen-bond donors (Lipinski definition) is 2. The predicted octanol–water partition coefficient (Wildman–Crippen LogP) is 1.41. The minimum absolute atomic E-state index is 0.136. The third-order valence-corrected chi connectivity index (χ3v) is 3.00. The number of primary amides is 2. The van der Waals surface area contributed by atoms with Gasteiger partial charge in [0.05, 0.1) is 12.8 Å². The topological polar surface area (TPSA) is 86.2 Å². The first-order valence-corrected chi connectivity index (χ1v) is 6.30. The Morgan fingerprint density at radius 3 is 2.10 bits per heavy atom. The van der Waals surface area contributed by atoms with E-state index >= 15 is 0 Å². The van der Waals surface area contributed by atoms with Crippen molar-refractivity contribution in [2.75, 3.05) is 0 Å². The van der Waals surface area contributed by atoms with E-state index in [4.69, 9.17) is 11.5 Å². The normalized spacial score (nSPS) is 10.2. The molecule has 4 N–H and O–H groups in total. The van der Waals surface area contributed by atoms with Gasteiger partial charge in [0.25, 0.3) is 0 Å². The molecule has 0 aliphatic carbocycles. The molecule has 20 heavy (non-hydrogen) atoms. The van der Waals surface area contributed by atoms with Crippen LogP contribution in [0.25, 0.3) is 11.1 Å². The van der Waals surface area contributed by atoms with Gasteiger partial charge in [-0.05, 0) is 22.3 Å². The highest BCUT2D eigenvalue weighted by Gasteiger charge is 2.10. The molecule has 0 aromatic heterocycles. The molecule has 0 aliphatic rings. The molecule has 0 spiro atoms. The maximum absolute atomic E-state index is 11.2. The largest absolute Gasteiger partial charge is 0.369 e. The highest BCUT2D eigenvalue weighted by Crippen LogP contribution is 2.25. The van der Waals surface area contributed by atoms with Crippen LogP contribution in [0.4, 0.5) is 0 Å². The first-order chi connectivity index (χ1) is 9.56. The minimum Gasteiger partial charge on any atom is -0.369 e. The summed E-state index contributed by atoms with van der Waals surface area (Å²) < 4.78 is 0. The molecule has 2 aromatic rings. The quantitative estimate of drug-likeness (QED) is 0.859. The maximum atomic E-state index is 11.2. The van der Waals surface area contributed by atoms with Crippen LogP contribution in [0.15, 0.2) is 48.5 Å². The summed E-state index contributed by atoms with van der Waals surface area (Å²) >= 11 is 0. The molecular formula is C16H16N2O2. The Labute approximate surface area is 117 Å². The molecule has 0 saturated heterocycles. The lowest BCUT2D eigenvalue weighted by Gasteiger charge is -2.10. The average molecular weight is 268 g/mol. The van der Waals surface area contributed by atoms with E-state index in [0.29, 0.717) is 0 Å². The van der Waals surface area contributed by atoms with Gasteiger partial charge >= 0.3 is 0 Å². The van der Waals surface area contributed by atoms with Crippen molar-refractivity contribution in [3.63, 3.8) is 0 Å². The van der Waals surface area contributed by atoms with E-state index < -0.39 is 11.8 Å². The van der Waals surface area contributed by atoms with Gasteiger partial charge in [-0.3, -0.25) is 9.59 Å². The summed E-state index contributed by atoms with van der Waals surface area (Å²) in [7, 11) is 0. The fourth-order valence-corrected chi connectivity index (χ4v) is 2.19. The van der Waals surface area contributed by atoms with Crippen molar-refractivity contribution in [2.24, 2.45) is 11.5 Å². The zero-order valence-corrected chi connectivity index (χ0v) is 11.0. The number of benzene rings is 2. The number of nitrogens with two attached hydrogens (primary N) is 2. The maximum Gasteiger partial charge on any atom is 0.221 e. The SMILES string of the molecule is NC(=O)Cc1ccc(-c2ccccc2)c(CC(N)=O)c1. The van der Waals surface area contributed by atoms with Gasteiger partial charge in [-0.15, -0.1) is 0 Å². The van der Waals surface area contributed by atoms with Crippen LogP contribution in [0.1, 0.15) is 11.1 Å². The molecule has 0 atom stereocenters. The molecule has 2 amide bonds.